The van der Waals surface area contributed by atoms with Crippen LogP contribution in [0, 0.1) is 0 Å². The molecule has 1 saturated heterocycles. The largest absolute Gasteiger partial charge is 0.448 e. The van der Waals surface area contributed by atoms with E-state index in [1.165, 1.54) is 16.2 Å². The average Bonchev–Trinajstić information content (AvgIpc) is 3.15. The van der Waals surface area contributed by atoms with Crippen LogP contribution in [0.1, 0.15) is 16.6 Å². The van der Waals surface area contributed by atoms with Gasteiger partial charge >= 0.3 is 6.09 Å². The lowest BCUT2D eigenvalue weighted by Gasteiger charge is -2.18. The summed E-state index contributed by atoms with van der Waals surface area (Å²) in [5.74, 6) is -0.300. The minimum Gasteiger partial charge on any atom is -0.448 e. The highest BCUT2D eigenvalue weighted by atomic mass is 32.1. The molecule has 1 fully saturated rings. The van der Waals surface area contributed by atoms with Crippen LogP contribution in [0.25, 0.3) is 0 Å². The average molecular weight is 333 g/mol. The number of nitrogens with one attached hydrogen (secondary N) is 1. The van der Waals surface area contributed by atoms with E-state index in [1.807, 2.05) is 30.3 Å². The van der Waals surface area contributed by atoms with Gasteiger partial charge in [0.25, 0.3) is 0 Å². The molecule has 1 aromatic carbocycles. The third kappa shape index (κ3) is 3.57. The first-order valence-corrected chi connectivity index (χ1v) is 7.80. The number of anilines is 1. The van der Waals surface area contributed by atoms with Gasteiger partial charge in [0.2, 0.25) is 11.0 Å². The quantitative estimate of drug-likeness (QED) is 0.836. The van der Waals surface area contributed by atoms with Crippen molar-refractivity contribution >= 4 is 28.5 Å². The van der Waals surface area contributed by atoms with Gasteiger partial charge in [-0.25, -0.2) is 4.79 Å². The van der Waals surface area contributed by atoms with Gasteiger partial charge in [0, 0.05) is 0 Å². The lowest BCUT2D eigenvalue weighted by molar-refractivity contribution is -0.122. The number of ether oxygens (including phenoxy) is 1. The Labute approximate surface area is 136 Å². The smallest absolute Gasteiger partial charge is 0.410 e. The maximum atomic E-state index is 12.3. The van der Waals surface area contributed by atoms with Crippen LogP contribution >= 0.6 is 11.3 Å². The number of nitrogens with two attached hydrogens (primary N) is 1. The first kappa shape index (κ1) is 15.2. The van der Waals surface area contributed by atoms with E-state index in [4.69, 9.17) is 10.5 Å². The van der Waals surface area contributed by atoms with Crippen LogP contribution in [0.4, 0.5) is 9.93 Å². The molecule has 3 rings (SSSR count). The van der Waals surface area contributed by atoms with E-state index >= 15 is 0 Å². The number of cyclic esters (lactones) is 1. The molecule has 120 valence electrons. The van der Waals surface area contributed by atoms with Crippen molar-refractivity contribution in [3.8, 4) is 0 Å². The Kier molecular flexibility index (Phi) is 4.38. The molecular weight excluding hydrogens is 318 g/mol. The molecule has 23 heavy (non-hydrogen) atoms. The van der Waals surface area contributed by atoms with E-state index < -0.39 is 12.1 Å². The highest BCUT2D eigenvalue weighted by molar-refractivity contribution is 7.15. The Hall–Kier alpha value is -2.68. The lowest BCUT2D eigenvalue weighted by atomic mass is 10.1. The highest BCUT2D eigenvalue weighted by Crippen LogP contribution is 2.25. The van der Waals surface area contributed by atoms with E-state index in [1.54, 1.807) is 0 Å². The zero-order valence-electron chi connectivity index (χ0n) is 12.1. The summed E-state index contributed by atoms with van der Waals surface area (Å²) >= 11 is 1.21. The Balaban J connectivity index is 1.76. The molecule has 3 N–H and O–H groups in total. The standard InChI is InChI=1S/C14H15N5O3S/c15-13-18-17-12(23-13)11(9-4-2-1-3-5-9)16-10(20)8-19-6-7-22-14(19)21/h1-5,11H,6-8H2,(H2,15,18)(H,16,20)/t11-/m1/s1. The normalized spacial score (nSPS) is 15.3. The molecule has 1 aliphatic rings. The molecule has 0 spiro atoms. The maximum absolute atomic E-state index is 12.3. The fraction of sp³-hybridized carbons (Fsp3) is 0.286. The van der Waals surface area contributed by atoms with E-state index in [2.05, 4.69) is 15.5 Å². The van der Waals surface area contributed by atoms with Crippen LogP contribution in [0.15, 0.2) is 30.3 Å². The zero-order chi connectivity index (χ0) is 16.2. The Bertz CT molecular complexity index is 705. The second-order valence-corrected chi connectivity index (χ2v) is 5.97. The van der Waals surface area contributed by atoms with Gasteiger partial charge in [-0.15, -0.1) is 10.2 Å². The first-order valence-electron chi connectivity index (χ1n) is 6.98. The van der Waals surface area contributed by atoms with Crippen molar-refractivity contribution in [3.63, 3.8) is 0 Å². The number of benzene rings is 1. The lowest BCUT2D eigenvalue weighted by Crippen LogP contribution is -2.39. The highest BCUT2D eigenvalue weighted by Gasteiger charge is 2.26. The molecule has 8 nitrogen and oxygen atoms in total. The van der Waals surface area contributed by atoms with Crippen LogP contribution in [-0.4, -0.2) is 46.8 Å². The monoisotopic (exact) mass is 333 g/mol. The van der Waals surface area contributed by atoms with Crippen molar-refractivity contribution in [2.75, 3.05) is 25.4 Å². The summed E-state index contributed by atoms with van der Waals surface area (Å²) < 4.78 is 4.81. The molecule has 2 heterocycles. The van der Waals surface area contributed by atoms with Gasteiger partial charge in [-0.05, 0) is 5.56 Å². The molecule has 2 amide bonds. The van der Waals surface area contributed by atoms with Crippen molar-refractivity contribution < 1.29 is 14.3 Å². The fourth-order valence-electron chi connectivity index (χ4n) is 2.25. The summed E-state index contributed by atoms with van der Waals surface area (Å²) in [6.45, 7) is 0.658. The van der Waals surface area contributed by atoms with Gasteiger partial charge in [-0.3, -0.25) is 9.69 Å². The third-order valence-corrected chi connectivity index (χ3v) is 4.14. The van der Waals surface area contributed by atoms with Gasteiger partial charge in [0.15, 0.2) is 0 Å². The van der Waals surface area contributed by atoms with Crippen LogP contribution in [-0.2, 0) is 9.53 Å². The molecule has 9 heteroatoms. The first-order chi connectivity index (χ1) is 11.1. The van der Waals surface area contributed by atoms with Crippen LogP contribution in [0.2, 0.25) is 0 Å². The molecule has 0 aliphatic carbocycles. The van der Waals surface area contributed by atoms with Crippen molar-refractivity contribution in [2.45, 2.75) is 6.04 Å². The number of nitrogen functional groups attached to an aromatic ring is 1. The Morgan fingerprint density at radius 2 is 2.17 bits per heavy atom. The number of rotatable bonds is 5. The summed E-state index contributed by atoms with van der Waals surface area (Å²) in [6.07, 6.45) is -0.475. The number of aromatic nitrogens is 2. The molecule has 2 aromatic rings. The summed E-state index contributed by atoms with van der Waals surface area (Å²) in [5.41, 5.74) is 6.50. The molecule has 0 radical (unpaired) electrons. The topological polar surface area (TPSA) is 110 Å². The molecule has 0 bridgehead atoms. The second-order valence-electron chi connectivity index (χ2n) is 4.93. The Morgan fingerprint density at radius 3 is 2.78 bits per heavy atom. The van der Waals surface area contributed by atoms with Crippen molar-refractivity contribution in [2.24, 2.45) is 0 Å². The molecular formula is C14H15N5O3S. The van der Waals surface area contributed by atoms with Crippen molar-refractivity contribution in [3.05, 3.63) is 40.9 Å². The third-order valence-electron chi connectivity index (χ3n) is 3.32. The molecule has 1 aromatic heterocycles. The van der Waals surface area contributed by atoms with E-state index in [9.17, 15) is 9.59 Å². The van der Waals surface area contributed by atoms with E-state index in [0.717, 1.165) is 5.56 Å². The van der Waals surface area contributed by atoms with Crippen LogP contribution in [0.5, 0.6) is 0 Å². The Morgan fingerprint density at radius 1 is 1.39 bits per heavy atom. The number of hydrogen-bond donors (Lipinski definition) is 2. The number of carbonyl (C=O) groups is 2. The summed E-state index contributed by atoms with van der Waals surface area (Å²) in [7, 11) is 0. The minimum atomic E-state index is -0.475. The molecule has 1 aliphatic heterocycles. The van der Waals surface area contributed by atoms with Gasteiger partial charge in [-0.1, -0.05) is 41.7 Å². The number of hydrogen-bond acceptors (Lipinski definition) is 7. The molecule has 0 unspecified atom stereocenters. The minimum absolute atomic E-state index is 0.0591. The SMILES string of the molecule is Nc1nnc([C@H](NC(=O)CN2CCOC2=O)c2ccccc2)s1. The number of nitrogens with zero attached hydrogens (tertiary/aromatic N) is 3. The molecule has 1 atom stereocenters. The van der Waals surface area contributed by atoms with Gasteiger partial charge < -0.3 is 15.8 Å². The second kappa shape index (κ2) is 6.61. The van der Waals surface area contributed by atoms with E-state index in [0.29, 0.717) is 23.3 Å². The van der Waals surface area contributed by atoms with Crippen LogP contribution in [0.3, 0.4) is 0 Å². The number of amides is 2. The fourth-order valence-corrected chi connectivity index (χ4v) is 2.94. The molecule has 0 saturated carbocycles. The predicted octanol–water partition coefficient (Wildman–Crippen LogP) is 0.778. The van der Waals surface area contributed by atoms with Crippen molar-refractivity contribution in [1.82, 2.24) is 20.4 Å². The summed E-state index contributed by atoms with van der Waals surface area (Å²) in [4.78, 5) is 25.1. The van der Waals surface area contributed by atoms with Crippen LogP contribution < -0.4 is 11.1 Å². The number of carbonyl (C=O) groups excluding carboxylic acids is 2. The predicted molar refractivity (Wildman–Crippen MR) is 83.7 cm³/mol. The van der Waals surface area contributed by atoms with Gasteiger partial charge in [0.1, 0.15) is 24.2 Å². The zero-order valence-corrected chi connectivity index (χ0v) is 13.0. The van der Waals surface area contributed by atoms with E-state index in [-0.39, 0.29) is 12.5 Å². The summed E-state index contributed by atoms with van der Waals surface area (Å²) in [5, 5.41) is 11.6. The summed E-state index contributed by atoms with van der Waals surface area (Å²) in [6, 6.07) is 8.93. The van der Waals surface area contributed by atoms with Crippen molar-refractivity contribution in [1.29, 1.82) is 0 Å². The van der Waals surface area contributed by atoms with Gasteiger partial charge in [0.05, 0.1) is 6.54 Å². The van der Waals surface area contributed by atoms with Gasteiger partial charge in [-0.2, -0.15) is 0 Å². The maximum Gasteiger partial charge on any atom is 0.410 e.